The average Bonchev–Trinajstić information content (AvgIpc) is 2.28. The summed E-state index contributed by atoms with van der Waals surface area (Å²) < 4.78 is 2.03. The van der Waals surface area contributed by atoms with E-state index >= 15 is 0 Å². The lowest BCUT2D eigenvalue weighted by atomic mass is 10.1. The Kier molecular flexibility index (Phi) is 3.15. The van der Waals surface area contributed by atoms with Crippen molar-refractivity contribution in [3.8, 4) is 5.69 Å². The fourth-order valence-corrected chi connectivity index (χ4v) is 2.29. The first-order valence-electron chi connectivity index (χ1n) is 5.81. The highest BCUT2D eigenvalue weighted by atomic mass is 16.4. The van der Waals surface area contributed by atoms with E-state index in [9.17, 15) is 9.90 Å². The van der Waals surface area contributed by atoms with E-state index in [1.807, 2.05) is 31.4 Å². The molecule has 1 heterocycles. The number of hydrogen-bond donors (Lipinski definition) is 0. The molecule has 0 aliphatic heterocycles. The van der Waals surface area contributed by atoms with Gasteiger partial charge in [0.25, 0.3) is 0 Å². The van der Waals surface area contributed by atoms with Crippen molar-refractivity contribution in [1.82, 2.24) is 0 Å². The second kappa shape index (κ2) is 4.61. The monoisotopic (exact) mass is 241 g/mol. The van der Waals surface area contributed by atoms with E-state index in [1.54, 1.807) is 12.1 Å². The number of carbonyl (C=O) groups excluding carboxylic acids is 1. The van der Waals surface area contributed by atoms with Gasteiger partial charge in [-0.3, -0.25) is 0 Å². The standard InChI is InChI=1S/C15H15NO2/c1-10-7-11(2)16(12(3)8-10)14-6-4-5-13(9-14)15(17)18/h4-9H,1-3H3. The molecule has 2 aromatic rings. The Labute approximate surface area is 106 Å². The van der Waals surface area contributed by atoms with Gasteiger partial charge in [-0.05, 0) is 12.5 Å². The molecule has 2 rings (SSSR count). The number of aromatic nitrogens is 1. The van der Waals surface area contributed by atoms with Gasteiger partial charge in [0.2, 0.25) is 5.69 Å². The lowest BCUT2D eigenvalue weighted by molar-refractivity contribution is -0.609. The van der Waals surface area contributed by atoms with E-state index in [-0.39, 0.29) is 5.56 Å². The van der Waals surface area contributed by atoms with Crippen molar-refractivity contribution in [3.63, 3.8) is 0 Å². The summed E-state index contributed by atoms with van der Waals surface area (Å²) in [5, 5.41) is 10.9. The van der Waals surface area contributed by atoms with Gasteiger partial charge in [-0.15, -0.1) is 0 Å². The summed E-state index contributed by atoms with van der Waals surface area (Å²) in [6.07, 6.45) is 0. The Balaban J connectivity index is 2.62. The van der Waals surface area contributed by atoms with Gasteiger partial charge in [0.15, 0.2) is 11.4 Å². The van der Waals surface area contributed by atoms with Crippen molar-refractivity contribution in [3.05, 3.63) is 58.9 Å². The number of carboxylic acid groups (broad SMARTS) is 1. The molecule has 0 unspecified atom stereocenters. The molecule has 1 aromatic heterocycles. The van der Waals surface area contributed by atoms with Crippen molar-refractivity contribution in [2.45, 2.75) is 20.8 Å². The SMILES string of the molecule is Cc1cc(C)[n+](-c2cccc(C(=O)[O-])c2)c(C)c1. The van der Waals surface area contributed by atoms with Gasteiger partial charge in [0, 0.05) is 43.7 Å². The van der Waals surface area contributed by atoms with Gasteiger partial charge in [0.1, 0.15) is 0 Å². The van der Waals surface area contributed by atoms with Crippen molar-refractivity contribution < 1.29 is 14.5 Å². The summed E-state index contributed by atoms with van der Waals surface area (Å²) in [6.45, 7) is 6.05. The zero-order valence-electron chi connectivity index (χ0n) is 10.7. The van der Waals surface area contributed by atoms with Crippen LogP contribution in [0.2, 0.25) is 0 Å². The first-order chi connectivity index (χ1) is 8.49. The zero-order chi connectivity index (χ0) is 13.3. The van der Waals surface area contributed by atoms with Crippen LogP contribution < -0.4 is 9.67 Å². The summed E-state index contributed by atoms with van der Waals surface area (Å²) in [4.78, 5) is 10.9. The number of carboxylic acids is 1. The number of aromatic carboxylic acids is 1. The van der Waals surface area contributed by atoms with Crippen LogP contribution in [-0.4, -0.2) is 5.97 Å². The fraction of sp³-hybridized carbons (Fsp3) is 0.200. The third kappa shape index (κ3) is 2.25. The first kappa shape index (κ1) is 12.3. The Bertz CT molecular complexity index is 595. The Hall–Kier alpha value is -2.16. The molecule has 0 saturated carbocycles. The van der Waals surface area contributed by atoms with Gasteiger partial charge >= 0.3 is 0 Å². The predicted octanol–water partition coefficient (Wildman–Crippen LogP) is 1.25. The van der Waals surface area contributed by atoms with E-state index in [1.165, 1.54) is 11.6 Å². The Morgan fingerprint density at radius 2 is 1.67 bits per heavy atom. The molecule has 0 spiro atoms. The van der Waals surface area contributed by atoms with Crippen LogP contribution in [0.25, 0.3) is 5.69 Å². The average molecular weight is 241 g/mol. The number of rotatable bonds is 2. The van der Waals surface area contributed by atoms with Crippen LogP contribution in [-0.2, 0) is 0 Å². The molecule has 0 saturated heterocycles. The van der Waals surface area contributed by atoms with E-state index in [0.29, 0.717) is 0 Å². The highest BCUT2D eigenvalue weighted by molar-refractivity contribution is 5.86. The molecule has 0 aliphatic carbocycles. The maximum atomic E-state index is 10.9. The van der Waals surface area contributed by atoms with E-state index in [2.05, 4.69) is 12.1 Å². The minimum atomic E-state index is -1.15. The molecule has 1 aromatic carbocycles. The summed E-state index contributed by atoms with van der Waals surface area (Å²) >= 11 is 0. The lowest BCUT2D eigenvalue weighted by Crippen LogP contribution is -2.38. The van der Waals surface area contributed by atoms with Gasteiger partial charge in [0.05, 0.1) is 5.97 Å². The summed E-state index contributed by atoms with van der Waals surface area (Å²) in [6, 6.07) is 10.9. The molecule has 0 radical (unpaired) electrons. The number of carbonyl (C=O) groups is 1. The van der Waals surface area contributed by atoms with Gasteiger partial charge < -0.3 is 9.90 Å². The molecule has 18 heavy (non-hydrogen) atoms. The van der Waals surface area contributed by atoms with Crippen molar-refractivity contribution in [2.75, 3.05) is 0 Å². The first-order valence-corrected chi connectivity index (χ1v) is 5.81. The van der Waals surface area contributed by atoms with Crippen molar-refractivity contribution in [1.29, 1.82) is 0 Å². The summed E-state index contributed by atoms with van der Waals surface area (Å²) in [5.41, 5.74) is 4.37. The normalized spacial score (nSPS) is 10.4. The molecular formula is C15H15NO2. The van der Waals surface area contributed by atoms with Gasteiger partial charge in [-0.25, -0.2) is 0 Å². The van der Waals surface area contributed by atoms with E-state index < -0.39 is 5.97 Å². The third-order valence-corrected chi connectivity index (χ3v) is 2.92. The molecule has 0 N–H and O–H groups in total. The number of aryl methyl sites for hydroxylation is 3. The number of pyridine rings is 1. The second-order valence-corrected chi connectivity index (χ2v) is 4.49. The van der Waals surface area contributed by atoms with Crippen molar-refractivity contribution in [2.24, 2.45) is 0 Å². The Morgan fingerprint density at radius 3 is 2.22 bits per heavy atom. The fourth-order valence-electron chi connectivity index (χ4n) is 2.29. The topological polar surface area (TPSA) is 44.0 Å². The maximum Gasteiger partial charge on any atom is 0.211 e. The number of nitrogens with zero attached hydrogens (tertiary/aromatic N) is 1. The highest BCUT2D eigenvalue weighted by Gasteiger charge is 2.15. The zero-order valence-corrected chi connectivity index (χ0v) is 10.7. The molecule has 0 amide bonds. The Morgan fingerprint density at radius 1 is 1.06 bits per heavy atom. The molecule has 0 bridgehead atoms. The van der Waals surface area contributed by atoms with Crippen LogP contribution in [0.4, 0.5) is 0 Å². The summed E-state index contributed by atoms with van der Waals surface area (Å²) in [5.74, 6) is -1.15. The van der Waals surface area contributed by atoms with Crippen LogP contribution >= 0.6 is 0 Å². The largest absolute Gasteiger partial charge is 0.545 e. The van der Waals surface area contributed by atoms with Crippen LogP contribution in [0, 0.1) is 20.8 Å². The molecule has 3 heteroatoms. The smallest absolute Gasteiger partial charge is 0.211 e. The van der Waals surface area contributed by atoms with Crippen LogP contribution in [0.3, 0.4) is 0 Å². The summed E-state index contributed by atoms with van der Waals surface area (Å²) in [7, 11) is 0. The van der Waals surface area contributed by atoms with Crippen LogP contribution in [0.15, 0.2) is 36.4 Å². The number of hydrogen-bond acceptors (Lipinski definition) is 2. The molecule has 0 fully saturated rings. The predicted molar refractivity (Wildman–Crippen MR) is 66.5 cm³/mol. The minimum Gasteiger partial charge on any atom is -0.545 e. The quantitative estimate of drug-likeness (QED) is 0.743. The third-order valence-electron chi connectivity index (χ3n) is 2.92. The van der Waals surface area contributed by atoms with E-state index in [4.69, 9.17) is 0 Å². The van der Waals surface area contributed by atoms with E-state index in [0.717, 1.165) is 17.1 Å². The molecule has 3 nitrogen and oxygen atoms in total. The maximum absolute atomic E-state index is 10.9. The highest BCUT2D eigenvalue weighted by Crippen LogP contribution is 2.09. The van der Waals surface area contributed by atoms with Crippen molar-refractivity contribution >= 4 is 5.97 Å². The van der Waals surface area contributed by atoms with Crippen LogP contribution in [0.1, 0.15) is 27.3 Å². The molecular weight excluding hydrogens is 226 g/mol. The number of benzene rings is 1. The van der Waals surface area contributed by atoms with Gasteiger partial charge in [-0.1, -0.05) is 12.1 Å². The second-order valence-electron chi connectivity index (χ2n) is 4.49. The lowest BCUT2D eigenvalue weighted by Gasteiger charge is -2.07. The van der Waals surface area contributed by atoms with Crippen LogP contribution in [0.5, 0.6) is 0 Å². The molecule has 0 atom stereocenters. The minimum absolute atomic E-state index is 0.194. The van der Waals surface area contributed by atoms with Gasteiger partial charge in [-0.2, -0.15) is 4.57 Å². The molecule has 0 aliphatic rings. The molecule has 92 valence electrons.